The molecule has 2 nitrogen and oxygen atoms in total. The molecule has 0 aliphatic heterocycles. The summed E-state index contributed by atoms with van der Waals surface area (Å²) in [6.07, 6.45) is 0.863. The fourth-order valence-corrected chi connectivity index (χ4v) is 2.93. The van der Waals surface area contributed by atoms with Crippen LogP contribution in [0.4, 0.5) is 4.39 Å². The number of carbonyl (C=O) groups excluding carboxylic acids is 1. The summed E-state index contributed by atoms with van der Waals surface area (Å²) in [5.41, 5.74) is 1.05. The molecule has 1 N–H and O–H groups in total. The lowest BCUT2D eigenvalue weighted by molar-refractivity contribution is -0.122. The van der Waals surface area contributed by atoms with Crippen molar-refractivity contribution in [2.24, 2.45) is 5.92 Å². The van der Waals surface area contributed by atoms with E-state index in [0.29, 0.717) is 6.54 Å². The van der Waals surface area contributed by atoms with Crippen molar-refractivity contribution >= 4 is 17.2 Å². The lowest BCUT2D eigenvalue weighted by Crippen LogP contribution is -2.24. The molecule has 1 aliphatic carbocycles. The van der Waals surface area contributed by atoms with Gasteiger partial charge in [0.05, 0.1) is 6.54 Å². The summed E-state index contributed by atoms with van der Waals surface area (Å²) in [6.45, 7) is 0.600. The molecule has 4 heteroatoms. The number of halogens is 1. The maximum atomic E-state index is 12.8. The van der Waals surface area contributed by atoms with Gasteiger partial charge in [0.1, 0.15) is 5.82 Å². The first-order valence-corrected chi connectivity index (χ1v) is 7.17. The van der Waals surface area contributed by atoms with E-state index in [9.17, 15) is 9.18 Å². The Morgan fingerprint density at radius 1 is 1.32 bits per heavy atom. The summed E-state index contributed by atoms with van der Waals surface area (Å²) < 4.78 is 12.8. The molecule has 98 valence electrons. The second-order valence-electron chi connectivity index (χ2n) is 4.80. The molecule has 0 spiro atoms. The van der Waals surface area contributed by atoms with Crippen molar-refractivity contribution in [3.8, 4) is 0 Å². The fourth-order valence-electron chi connectivity index (χ4n) is 2.28. The largest absolute Gasteiger partial charge is 0.351 e. The smallest absolute Gasteiger partial charge is 0.224 e. The molecule has 0 saturated heterocycles. The Morgan fingerprint density at radius 2 is 2.11 bits per heavy atom. The fraction of sp³-hybridized carbons (Fsp3) is 0.267. The van der Waals surface area contributed by atoms with Crippen molar-refractivity contribution in [2.45, 2.75) is 18.9 Å². The summed E-state index contributed by atoms with van der Waals surface area (Å²) >= 11 is 1.64. The van der Waals surface area contributed by atoms with Gasteiger partial charge in [-0.15, -0.1) is 11.3 Å². The van der Waals surface area contributed by atoms with E-state index in [-0.39, 0.29) is 23.6 Å². The zero-order valence-corrected chi connectivity index (χ0v) is 11.1. The van der Waals surface area contributed by atoms with Crippen LogP contribution >= 0.6 is 11.3 Å². The van der Waals surface area contributed by atoms with E-state index < -0.39 is 0 Å². The Balaban J connectivity index is 1.54. The number of amides is 1. The molecule has 2 unspecified atom stereocenters. The maximum absolute atomic E-state index is 12.8. The van der Waals surface area contributed by atoms with E-state index in [1.54, 1.807) is 23.5 Å². The van der Waals surface area contributed by atoms with Crippen LogP contribution < -0.4 is 5.32 Å². The number of benzene rings is 1. The minimum absolute atomic E-state index is 0.0467. The molecule has 3 rings (SSSR count). The molecule has 2 atom stereocenters. The van der Waals surface area contributed by atoms with Crippen molar-refractivity contribution in [3.05, 3.63) is 58.0 Å². The lowest BCUT2D eigenvalue weighted by atomic mass is 10.1. The van der Waals surface area contributed by atoms with E-state index in [4.69, 9.17) is 0 Å². The Morgan fingerprint density at radius 3 is 2.79 bits per heavy atom. The molecule has 1 heterocycles. The van der Waals surface area contributed by atoms with E-state index >= 15 is 0 Å². The SMILES string of the molecule is O=C(NCc1cccs1)C1CC1c1ccc(F)cc1. The van der Waals surface area contributed by atoms with Crippen LogP contribution in [0.3, 0.4) is 0 Å². The molecule has 1 aromatic heterocycles. The van der Waals surface area contributed by atoms with Crippen LogP contribution in [-0.2, 0) is 11.3 Å². The van der Waals surface area contributed by atoms with Gasteiger partial charge in [0.25, 0.3) is 0 Å². The Hall–Kier alpha value is -1.68. The predicted molar refractivity (Wildman–Crippen MR) is 73.4 cm³/mol. The highest BCUT2D eigenvalue weighted by atomic mass is 32.1. The molecule has 1 amide bonds. The van der Waals surface area contributed by atoms with Crippen molar-refractivity contribution in [2.75, 3.05) is 0 Å². The van der Waals surface area contributed by atoms with Crippen LogP contribution in [0.2, 0.25) is 0 Å². The quantitative estimate of drug-likeness (QED) is 0.911. The van der Waals surface area contributed by atoms with Gasteiger partial charge in [0.15, 0.2) is 0 Å². The Bertz CT molecular complexity index is 564. The average Bonchev–Trinajstić information content (AvgIpc) is 3.05. The minimum atomic E-state index is -0.233. The number of thiophene rings is 1. The molecule has 19 heavy (non-hydrogen) atoms. The topological polar surface area (TPSA) is 29.1 Å². The summed E-state index contributed by atoms with van der Waals surface area (Å²) in [4.78, 5) is 13.1. The van der Waals surface area contributed by atoms with Gasteiger partial charge >= 0.3 is 0 Å². The van der Waals surface area contributed by atoms with Gasteiger partial charge in [0, 0.05) is 10.8 Å². The highest BCUT2D eigenvalue weighted by Gasteiger charge is 2.43. The molecular formula is C15H14FNOS. The van der Waals surface area contributed by atoms with E-state index in [1.165, 1.54) is 12.1 Å². The summed E-state index contributed by atoms with van der Waals surface area (Å²) in [6, 6.07) is 10.4. The van der Waals surface area contributed by atoms with Gasteiger partial charge in [0.2, 0.25) is 5.91 Å². The highest BCUT2D eigenvalue weighted by Crippen LogP contribution is 2.47. The zero-order valence-electron chi connectivity index (χ0n) is 10.3. The van der Waals surface area contributed by atoms with E-state index in [1.807, 2.05) is 17.5 Å². The van der Waals surface area contributed by atoms with Crippen LogP contribution in [0.15, 0.2) is 41.8 Å². The number of hydrogen-bond acceptors (Lipinski definition) is 2. The average molecular weight is 275 g/mol. The van der Waals surface area contributed by atoms with Gasteiger partial charge in [-0.1, -0.05) is 18.2 Å². The Labute approximate surface area is 115 Å². The predicted octanol–water partition coefficient (Wildman–Crippen LogP) is 3.31. The molecular weight excluding hydrogens is 261 g/mol. The zero-order chi connectivity index (χ0) is 13.2. The van der Waals surface area contributed by atoms with Crippen molar-refractivity contribution in [1.29, 1.82) is 0 Å². The van der Waals surface area contributed by atoms with E-state index in [0.717, 1.165) is 16.9 Å². The van der Waals surface area contributed by atoms with Gasteiger partial charge in [-0.05, 0) is 41.5 Å². The normalized spacial score (nSPS) is 21.1. The number of nitrogens with one attached hydrogen (secondary N) is 1. The first-order valence-electron chi connectivity index (χ1n) is 6.29. The van der Waals surface area contributed by atoms with Gasteiger partial charge in [-0.2, -0.15) is 0 Å². The molecule has 1 aromatic carbocycles. The third-order valence-electron chi connectivity index (χ3n) is 3.44. The van der Waals surface area contributed by atoms with Crippen LogP contribution in [0.5, 0.6) is 0 Å². The first kappa shape index (κ1) is 12.4. The van der Waals surface area contributed by atoms with Crippen molar-refractivity contribution < 1.29 is 9.18 Å². The van der Waals surface area contributed by atoms with E-state index in [2.05, 4.69) is 5.32 Å². The first-order chi connectivity index (χ1) is 9.24. The Kier molecular flexibility index (Phi) is 3.34. The minimum Gasteiger partial charge on any atom is -0.351 e. The van der Waals surface area contributed by atoms with Gasteiger partial charge in [-0.3, -0.25) is 4.79 Å². The molecule has 1 fully saturated rings. The van der Waals surface area contributed by atoms with Gasteiger partial charge < -0.3 is 5.32 Å². The molecule has 1 saturated carbocycles. The van der Waals surface area contributed by atoms with Crippen LogP contribution in [0.25, 0.3) is 0 Å². The number of carbonyl (C=O) groups is 1. The number of hydrogen-bond donors (Lipinski definition) is 1. The second-order valence-corrected chi connectivity index (χ2v) is 5.83. The lowest BCUT2D eigenvalue weighted by Gasteiger charge is -2.03. The second kappa shape index (κ2) is 5.13. The summed E-state index contributed by atoms with van der Waals surface area (Å²) in [5.74, 6) is 0.167. The summed E-state index contributed by atoms with van der Waals surface area (Å²) in [7, 11) is 0. The number of rotatable bonds is 4. The third kappa shape index (κ3) is 2.84. The highest BCUT2D eigenvalue weighted by molar-refractivity contribution is 7.09. The van der Waals surface area contributed by atoms with Crippen molar-refractivity contribution in [1.82, 2.24) is 5.32 Å². The third-order valence-corrected chi connectivity index (χ3v) is 4.32. The van der Waals surface area contributed by atoms with Crippen LogP contribution in [0, 0.1) is 11.7 Å². The molecule has 0 bridgehead atoms. The monoisotopic (exact) mass is 275 g/mol. The molecule has 0 radical (unpaired) electrons. The maximum Gasteiger partial charge on any atom is 0.224 e. The standard InChI is InChI=1S/C15H14FNOS/c16-11-5-3-10(4-6-11)13-8-14(13)15(18)17-9-12-2-1-7-19-12/h1-7,13-14H,8-9H2,(H,17,18). The molecule has 1 aliphatic rings. The van der Waals surface area contributed by atoms with Crippen LogP contribution in [0.1, 0.15) is 22.8 Å². The summed E-state index contributed by atoms with van der Waals surface area (Å²) in [5, 5.41) is 4.96. The van der Waals surface area contributed by atoms with Crippen LogP contribution in [-0.4, -0.2) is 5.91 Å². The van der Waals surface area contributed by atoms with Gasteiger partial charge in [-0.25, -0.2) is 4.39 Å². The van der Waals surface area contributed by atoms with Crippen molar-refractivity contribution in [3.63, 3.8) is 0 Å². The molecule has 2 aromatic rings.